The van der Waals surface area contributed by atoms with Gasteiger partial charge in [0.2, 0.25) is 0 Å². The second-order valence-electron chi connectivity index (χ2n) is 5.88. The molecule has 1 nitrogen and oxygen atoms in total. The molecule has 4 heteroatoms. The van der Waals surface area contributed by atoms with E-state index >= 15 is 0 Å². The summed E-state index contributed by atoms with van der Waals surface area (Å²) in [5, 5.41) is 4.84. The van der Waals surface area contributed by atoms with Crippen LogP contribution in [0.4, 0.5) is 10.1 Å². The van der Waals surface area contributed by atoms with Gasteiger partial charge in [-0.05, 0) is 47.7 Å². The van der Waals surface area contributed by atoms with Crippen LogP contribution >= 0.6 is 23.2 Å². The van der Waals surface area contributed by atoms with E-state index in [0.29, 0.717) is 21.9 Å². The van der Waals surface area contributed by atoms with Crippen LogP contribution in [-0.4, -0.2) is 0 Å². The fourth-order valence-electron chi connectivity index (χ4n) is 3.62. The molecule has 1 heterocycles. The van der Waals surface area contributed by atoms with Crippen LogP contribution in [0.5, 0.6) is 0 Å². The van der Waals surface area contributed by atoms with Crippen LogP contribution in [0.1, 0.15) is 29.5 Å². The van der Waals surface area contributed by atoms with Crippen LogP contribution in [0.2, 0.25) is 10.0 Å². The number of hydrogen-bond acceptors (Lipinski definition) is 1. The molecule has 1 N–H and O–H groups in total. The number of nitrogens with one attached hydrogen (secondary N) is 1. The molecule has 0 saturated heterocycles. The quantitative estimate of drug-likeness (QED) is 0.635. The summed E-state index contributed by atoms with van der Waals surface area (Å²) in [6, 6.07) is 10.6. The van der Waals surface area contributed by atoms with E-state index in [1.54, 1.807) is 6.07 Å². The highest BCUT2D eigenvalue weighted by Gasteiger charge is 2.38. The summed E-state index contributed by atoms with van der Waals surface area (Å²) in [7, 11) is 0. The molecule has 0 fully saturated rings. The van der Waals surface area contributed by atoms with Crippen molar-refractivity contribution in [3.63, 3.8) is 0 Å². The highest BCUT2D eigenvalue weighted by Crippen LogP contribution is 2.52. The molecule has 0 amide bonds. The van der Waals surface area contributed by atoms with Crippen molar-refractivity contribution in [2.45, 2.75) is 18.4 Å². The lowest BCUT2D eigenvalue weighted by molar-refractivity contribution is 0.425. The number of allylic oxidation sites excluding steroid dienone is 2. The van der Waals surface area contributed by atoms with Gasteiger partial charge in [-0.2, -0.15) is 0 Å². The molecule has 0 radical (unpaired) electrons. The zero-order valence-electron chi connectivity index (χ0n) is 11.7. The Hall–Kier alpha value is -1.51. The predicted molar refractivity (Wildman–Crippen MR) is 89.2 cm³/mol. The smallest absolute Gasteiger partial charge is 0.123 e. The fourth-order valence-corrected chi connectivity index (χ4v) is 4.18. The average molecular weight is 334 g/mol. The first-order valence-corrected chi connectivity index (χ1v) is 8.06. The van der Waals surface area contributed by atoms with E-state index in [4.69, 9.17) is 23.2 Å². The lowest BCUT2D eigenvalue weighted by Crippen LogP contribution is -2.29. The molecular formula is C18H14Cl2FN. The normalized spacial score (nSPS) is 25.5. The largest absolute Gasteiger partial charge is 0.376 e. The molecule has 0 spiro atoms. The van der Waals surface area contributed by atoms with Gasteiger partial charge in [-0.1, -0.05) is 47.5 Å². The molecule has 4 rings (SSSR count). The van der Waals surface area contributed by atoms with Crippen molar-refractivity contribution in [2.75, 3.05) is 5.32 Å². The Morgan fingerprint density at radius 2 is 1.86 bits per heavy atom. The second kappa shape index (κ2) is 5.29. The molecule has 0 aromatic heterocycles. The number of hydrogen-bond donors (Lipinski definition) is 1. The van der Waals surface area contributed by atoms with Crippen molar-refractivity contribution < 1.29 is 4.39 Å². The minimum atomic E-state index is -0.217. The summed E-state index contributed by atoms with van der Waals surface area (Å²) in [6.07, 6.45) is 5.42. The first kappa shape index (κ1) is 14.1. The van der Waals surface area contributed by atoms with Crippen LogP contribution in [0.15, 0.2) is 48.6 Å². The highest BCUT2D eigenvalue weighted by molar-refractivity contribution is 6.36. The first-order valence-electron chi connectivity index (χ1n) is 7.31. The molecule has 2 aliphatic rings. The maximum atomic E-state index is 13.2. The van der Waals surface area contributed by atoms with E-state index < -0.39 is 0 Å². The molecule has 0 saturated carbocycles. The second-order valence-corrected chi connectivity index (χ2v) is 6.72. The van der Waals surface area contributed by atoms with Gasteiger partial charge in [-0.15, -0.1) is 0 Å². The molecule has 1 aliphatic heterocycles. The molecule has 0 bridgehead atoms. The van der Waals surface area contributed by atoms with Crippen LogP contribution in [0.3, 0.4) is 0 Å². The van der Waals surface area contributed by atoms with Crippen LogP contribution in [0, 0.1) is 11.7 Å². The molecule has 3 atom stereocenters. The third-order valence-corrected chi connectivity index (χ3v) is 5.13. The maximum absolute atomic E-state index is 13.2. The number of anilines is 1. The Labute approximate surface area is 138 Å². The van der Waals surface area contributed by atoms with Gasteiger partial charge in [0.05, 0.1) is 16.8 Å². The standard InChI is InChI=1S/C18H14Cl2FN/c19-11-8-15-13-2-1-3-14(13)17(22-18(15)16(20)9-11)10-4-6-12(21)7-5-10/h1-2,4-9,13-14,17,22H,3H2. The SMILES string of the molecule is Fc1ccc(C2Nc3c(Cl)cc(Cl)cc3C3C=CCC32)cc1. The van der Waals surface area contributed by atoms with E-state index in [2.05, 4.69) is 17.5 Å². The van der Waals surface area contributed by atoms with Crippen molar-refractivity contribution in [2.24, 2.45) is 5.92 Å². The van der Waals surface area contributed by atoms with Gasteiger partial charge in [-0.3, -0.25) is 0 Å². The van der Waals surface area contributed by atoms with Gasteiger partial charge in [0.15, 0.2) is 0 Å². The Morgan fingerprint density at radius 1 is 1.09 bits per heavy atom. The molecule has 2 aromatic rings. The van der Waals surface area contributed by atoms with E-state index in [1.165, 1.54) is 12.1 Å². The summed E-state index contributed by atoms with van der Waals surface area (Å²) < 4.78 is 13.2. The van der Waals surface area contributed by atoms with Gasteiger partial charge >= 0.3 is 0 Å². The Morgan fingerprint density at radius 3 is 2.64 bits per heavy atom. The molecule has 22 heavy (non-hydrogen) atoms. The van der Waals surface area contributed by atoms with Crippen LogP contribution in [-0.2, 0) is 0 Å². The van der Waals surface area contributed by atoms with Crippen molar-refractivity contribution in [3.05, 3.63) is 75.5 Å². The number of rotatable bonds is 1. The van der Waals surface area contributed by atoms with E-state index in [0.717, 1.165) is 23.2 Å². The Bertz CT molecular complexity index is 754. The third-order valence-electron chi connectivity index (χ3n) is 4.61. The van der Waals surface area contributed by atoms with E-state index in [9.17, 15) is 4.39 Å². The Kier molecular flexibility index (Phi) is 3.39. The molecule has 1 aliphatic carbocycles. The lowest BCUT2D eigenvalue weighted by Gasteiger charge is -2.38. The maximum Gasteiger partial charge on any atom is 0.123 e. The number of fused-ring (bicyclic) bond motifs is 3. The van der Waals surface area contributed by atoms with Crippen LogP contribution in [0.25, 0.3) is 0 Å². The van der Waals surface area contributed by atoms with E-state index in [1.807, 2.05) is 18.2 Å². The Balaban J connectivity index is 1.82. The van der Waals surface area contributed by atoms with Gasteiger partial charge in [-0.25, -0.2) is 4.39 Å². The van der Waals surface area contributed by atoms with Gasteiger partial charge in [0.1, 0.15) is 5.82 Å². The first-order chi connectivity index (χ1) is 10.6. The van der Waals surface area contributed by atoms with Crippen LogP contribution < -0.4 is 5.32 Å². The predicted octanol–water partition coefficient (Wildman–Crippen LogP) is 5.96. The number of halogens is 3. The summed E-state index contributed by atoms with van der Waals surface area (Å²) in [5.41, 5.74) is 3.17. The van der Waals surface area contributed by atoms with E-state index in [-0.39, 0.29) is 11.9 Å². The van der Waals surface area contributed by atoms with Gasteiger partial charge in [0.25, 0.3) is 0 Å². The monoisotopic (exact) mass is 333 g/mol. The fraction of sp³-hybridized carbons (Fsp3) is 0.222. The summed E-state index contributed by atoms with van der Waals surface area (Å²) in [5.74, 6) is 0.473. The highest BCUT2D eigenvalue weighted by atomic mass is 35.5. The topological polar surface area (TPSA) is 12.0 Å². The molecule has 3 unspecified atom stereocenters. The van der Waals surface area contributed by atoms with Gasteiger partial charge < -0.3 is 5.32 Å². The van der Waals surface area contributed by atoms with Crippen molar-refractivity contribution in [1.82, 2.24) is 0 Å². The summed E-state index contributed by atoms with van der Waals surface area (Å²) in [6.45, 7) is 0. The average Bonchev–Trinajstić information content (AvgIpc) is 2.97. The lowest BCUT2D eigenvalue weighted by atomic mass is 9.77. The minimum absolute atomic E-state index is 0.117. The van der Waals surface area contributed by atoms with Crippen molar-refractivity contribution in [3.8, 4) is 0 Å². The van der Waals surface area contributed by atoms with Crippen molar-refractivity contribution in [1.29, 1.82) is 0 Å². The number of benzene rings is 2. The summed E-state index contributed by atoms with van der Waals surface area (Å²) in [4.78, 5) is 0. The zero-order chi connectivity index (χ0) is 15.3. The van der Waals surface area contributed by atoms with Gasteiger partial charge in [0, 0.05) is 10.9 Å². The third kappa shape index (κ3) is 2.22. The molecule has 112 valence electrons. The summed E-state index contributed by atoms with van der Waals surface area (Å²) >= 11 is 12.5. The molecular weight excluding hydrogens is 320 g/mol. The zero-order valence-corrected chi connectivity index (χ0v) is 13.2. The van der Waals surface area contributed by atoms with Crippen molar-refractivity contribution >= 4 is 28.9 Å². The minimum Gasteiger partial charge on any atom is -0.376 e. The molecule has 2 aromatic carbocycles.